The van der Waals surface area contributed by atoms with Gasteiger partial charge in [-0.25, -0.2) is 4.79 Å². The van der Waals surface area contributed by atoms with Crippen LogP contribution in [0.1, 0.15) is 48.3 Å². The molecule has 26 heavy (non-hydrogen) atoms. The van der Waals surface area contributed by atoms with Crippen molar-refractivity contribution >= 4 is 27.6 Å². The first-order valence-corrected chi connectivity index (χ1v) is 8.90. The summed E-state index contributed by atoms with van der Waals surface area (Å²) in [7, 11) is 0. The van der Waals surface area contributed by atoms with E-state index >= 15 is 0 Å². The van der Waals surface area contributed by atoms with Crippen molar-refractivity contribution in [3.8, 4) is 11.8 Å². The van der Waals surface area contributed by atoms with E-state index in [1.54, 1.807) is 13.0 Å². The fourth-order valence-electron chi connectivity index (χ4n) is 3.57. The second-order valence-electron chi connectivity index (χ2n) is 6.29. The molecule has 3 aromatic rings. The second kappa shape index (κ2) is 7.09. The van der Waals surface area contributed by atoms with E-state index in [0.717, 1.165) is 36.0 Å². The first kappa shape index (κ1) is 17.8. The number of phenolic OH excluding ortho intramolecular Hbond substituents is 1. The number of rotatable bonds is 5. The van der Waals surface area contributed by atoms with Crippen LogP contribution in [0, 0.1) is 18.3 Å². The minimum Gasteiger partial charge on any atom is -0.506 e. The number of benzene rings is 2. The Labute approximate surface area is 152 Å². The van der Waals surface area contributed by atoms with E-state index in [1.807, 2.05) is 25.1 Å². The van der Waals surface area contributed by atoms with Crippen molar-refractivity contribution in [1.82, 2.24) is 4.57 Å². The molecule has 0 aliphatic heterocycles. The molecule has 134 valence electrons. The Morgan fingerprint density at radius 3 is 2.58 bits per heavy atom. The Hall–Kier alpha value is -3.00. The zero-order chi connectivity index (χ0) is 18.8. The van der Waals surface area contributed by atoms with E-state index in [0.29, 0.717) is 16.3 Å². The largest absolute Gasteiger partial charge is 0.506 e. The van der Waals surface area contributed by atoms with Crippen LogP contribution in [0.4, 0.5) is 0 Å². The van der Waals surface area contributed by atoms with Crippen LogP contribution in [0.25, 0.3) is 21.7 Å². The summed E-state index contributed by atoms with van der Waals surface area (Å²) in [5, 5.41) is 22.3. The Bertz CT molecular complexity index is 1040. The molecule has 0 aliphatic carbocycles. The molecule has 0 saturated carbocycles. The van der Waals surface area contributed by atoms with Gasteiger partial charge >= 0.3 is 5.97 Å². The smallest absolute Gasteiger partial charge is 0.340 e. The number of ether oxygens (including phenoxy) is 1. The SMILES string of the molecule is CCCCn1c(C)c(C(=O)OCC)c2c(C#N)c(O)c3ccccc3c21. The zero-order valence-electron chi connectivity index (χ0n) is 15.3. The number of nitrogens with zero attached hydrogens (tertiary/aromatic N) is 2. The number of hydrogen-bond acceptors (Lipinski definition) is 4. The number of carbonyl (C=O) groups excluding carboxylic acids is 1. The highest BCUT2D eigenvalue weighted by Crippen LogP contribution is 2.41. The van der Waals surface area contributed by atoms with Gasteiger partial charge in [0.25, 0.3) is 0 Å². The first-order valence-electron chi connectivity index (χ1n) is 8.90. The topological polar surface area (TPSA) is 75.2 Å². The fourth-order valence-corrected chi connectivity index (χ4v) is 3.57. The molecule has 5 nitrogen and oxygen atoms in total. The van der Waals surface area contributed by atoms with Crippen LogP contribution in [0.5, 0.6) is 5.75 Å². The lowest BCUT2D eigenvalue weighted by Gasteiger charge is -2.11. The third-order valence-electron chi connectivity index (χ3n) is 4.77. The monoisotopic (exact) mass is 350 g/mol. The average molecular weight is 350 g/mol. The van der Waals surface area contributed by atoms with Gasteiger partial charge in [0.05, 0.1) is 17.7 Å². The number of nitriles is 1. The Morgan fingerprint density at radius 2 is 1.96 bits per heavy atom. The molecule has 0 saturated heterocycles. The maximum absolute atomic E-state index is 12.7. The molecule has 2 aromatic carbocycles. The van der Waals surface area contributed by atoms with Crippen molar-refractivity contribution in [2.45, 2.75) is 40.2 Å². The van der Waals surface area contributed by atoms with Crippen LogP contribution in [0.15, 0.2) is 24.3 Å². The number of unbranched alkanes of at least 4 members (excludes halogenated alkanes) is 1. The Morgan fingerprint density at radius 1 is 1.27 bits per heavy atom. The summed E-state index contributed by atoms with van der Waals surface area (Å²) in [6.07, 6.45) is 1.96. The van der Waals surface area contributed by atoms with Crippen molar-refractivity contribution in [3.05, 3.63) is 41.1 Å². The molecule has 1 heterocycles. The number of phenols is 1. The minimum absolute atomic E-state index is 0.0891. The zero-order valence-corrected chi connectivity index (χ0v) is 15.3. The molecular weight excluding hydrogens is 328 g/mol. The van der Waals surface area contributed by atoms with Gasteiger partial charge in [0.2, 0.25) is 0 Å². The highest BCUT2D eigenvalue weighted by atomic mass is 16.5. The summed E-state index contributed by atoms with van der Waals surface area (Å²) >= 11 is 0. The van der Waals surface area contributed by atoms with Crippen LogP contribution < -0.4 is 0 Å². The predicted octanol–water partition coefficient (Wildman–Crippen LogP) is 4.66. The molecule has 0 amide bonds. The summed E-state index contributed by atoms with van der Waals surface area (Å²) in [6, 6.07) is 9.52. The lowest BCUT2D eigenvalue weighted by molar-refractivity contribution is 0.0527. The number of aromatic hydroxyl groups is 1. The summed E-state index contributed by atoms with van der Waals surface area (Å²) < 4.78 is 7.32. The summed E-state index contributed by atoms with van der Waals surface area (Å²) in [6.45, 7) is 6.72. The van der Waals surface area contributed by atoms with Crippen molar-refractivity contribution < 1.29 is 14.6 Å². The van der Waals surface area contributed by atoms with Crippen LogP contribution in [0.3, 0.4) is 0 Å². The number of hydrogen-bond donors (Lipinski definition) is 1. The summed E-state index contributed by atoms with van der Waals surface area (Å²) in [5.41, 5.74) is 2.07. The lowest BCUT2D eigenvalue weighted by Crippen LogP contribution is -2.08. The van der Waals surface area contributed by atoms with Crippen LogP contribution in [0.2, 0.25) is 0 Å². The molecular formula is C21H22N2O3. The molecule has 0 bridgehead atoms. The molecule has 0 aliphatic rings. The standard InChI is InChI=1S/C21H22N2O3/c1-4-6-11-23-13(3)17(21(25)26-5-2)18-16(12-22)20(24)15-10-8-7-9-14(15)19(18)23/h7-10,24H,4-6,11H2,1-3H3. The predicted molar refractivity (Wildman–Crippen MR) is 101 cm³/mol. The van der Waals surface area contributed by atoms with E-state index in [1.165, 1.54) is 0 Å². The highest BCUT2D eigenvalue weighted by molar-refractivity contribution is 6.18. The maximum atomic E-state index is 12.7. The number of aromatic nitrogens is 1. The van der Waals surface area contributed by atoms with Crippen molar-refractivity contribution in [2.75, 3.05) is 6.61 Å². The molecule has 0 atom stereocenters. The molecule has 0 radical (unpaired) electrons. The number of carbonyl (C=O) groups is 1. The van der Waals surface area contributed by atoms with Crippen molar-refractivity contribution in [3.63, 3.8) is 0 Å². The number of aryl methyl sites for hydroxylation is 1. The molecule has 1 N–H and O–H groups in total. The average Bonchev–Trinajstić information content (AvgIpc) is 2.93. The molecule has 0 fully saturated rings. The van der Waals surface area contributed by atoms with E-state index in [-0.39, 0.29) is 17.9 Å². The molecule has 0 spiro atoms. The Balaban J connectivity index is 2.54. The van der Waals surface area contributed by atoms with Crippen molar-refractivity contribution in [1.29, 1.82) is 5.26 Å². The van der Waals surface area contributed by atoms with Crippen LogP contribution >= 0.6 is 0 Å². The summed E-state index contributed by atoms with van der Waals surface area (Å²) in [4.78, 5) is 12.7. The van der Waals surface area contributed by atoms with E-state index < -0.39 is 5.97 Å². The third kappa shape index (κ3) is 2.59. The van der Waals surface area contributed by atoms with Gasteiger partial charge in [-0.3, -0.25) is 0 Å². The quantitative estimate of drug-likeness (QED) is 0.679. The highest BCUT2D eigenvalue weighted by Gasteiger charge is 2.27. The van der Waals surface area contributed by atoms with Gasteiger partial charge in [-0.05, 0) is 20.3 Å². The minimum atomic E-state index is -0.462. The van der Waals surface area contributed by atoms with Crippen molar-refractivity contribution in [2.24, 2.45) is 0 Å². The van der Waals surface area contributed by atoms with E-state index in [9.17, 15) is 15.2 Å². The van der Waals surface area contributed by atoms with Gasteiger partial charge in [-0.15, -0.1) is 0 Å². The van der Waals surface area contributed by atoms with Crippen LogP contribution in [-0.2, 0) is 11.3 Å². The van der Waals surface area contributed by atoms with E-state index in [4.69, 9.17) is 4.74 Å². The van der Waals surface area contributed by atoms with Gasteiger partial charge in [0.1, 0.15) is 17.4 Å². The number of esters is 1. The lowest BCUT2D eigenvalue weighted by atomic mass is 9.98. The van der Waals surface area contributed by atoms with E-state index in [2.05, 4.69) is 17.6 Å². The molecule has 5 heteroatoms. The number of fused-ring (bicyclic) bond motifs is 3. The van der Waals surface area contributed by atoms with Crippen LogP contribution in [-0.4, -0.2) is 22.2 Å². The third-order valence-corrected chi connectivity index (χ3v) is 4.77. The van der Waals surface area contributed by atoms with Gasteiger partial charge in [-0.2, -0.15) is 5.26 Å². The van der Waals surface area contributed by atoms with Gasteiger partial charge in [0, 0.05) is 28.4 Å². The van der Waals surface area contributed by atoms with Gasteiger partial charge in [0.15, 0.2) is 0 Å². The van der Waals surface area contributed by atoms with Gasteiger partial charge in [-0.1, -0.05) is 37.6 Å². The fraction of sp³-hybridized carbons (Fsp3) is 0.333. The summed E-state index contributed by atoms with van der Waals surface area (Å²) in [5.74, 6) is -0.551. The normalized spacial score (nSPS) is 11.0. The van der Waals surface area contributed by atoms with Gasteiger partial charge < -0.3 is 14.4 Å². The maximum Gasteiger partial charge on any atom is 0.340 e. The molecule has 1 aromatic heterocycles. The molecule has 0 unspecified atom stereocenters. The first-order chi connectivity index (χ1) is 12.6. The Kier molecular flexibility index (Phi) is 4.85. The second-order valence-corrected chi connectivity index (χ2v) is 6.29. The molecule has 3 rings (SSSR count).